The van der Waals surface area contributed by atoms with Crippen LogP contribution < -0.4 is 10.1 Å². The Kier molecular flexibility index (Phi) is 12.9. The van der Waals surface area contributed by atoms with Crippen LogP contribution in [0, 0.1) is 0 Å². The Bertz CT molecular complexity index is 763. The van der Waals surface area contributed by atoms with Gasteiger partial charge in [-0.25, -0.2) is 0 Å². The maximum absolute atomic E-state index is 12.7. The summed E-state index contributed by atoms with van der Waals surface area (Å²) in [5, 5.41) is 31.1. The SMILES string of the molecule is CCCCCCCCCCOc1ccc(CO[C@H]2O[C@H](CO)[C@@H](O)[C@H](O)[C@H]2NC(=O)C(F)(F)F)cc1. The van der Waals surface area contributed by atoms with Crippen molar-refractivity contribution in [3.8, 4) is 5.75 Å². The van der Waals surface area contributed by atoms with E-state index < -0.39 is 49.3 Å². The van der Waals surface area contributed by atoms with Crippen molar-refractivity contribution < 1.29 is 47.5 Å². The van der Waals surface area contributed by atoms with Gasteiger partial charge >= 0.3 is 12.1 Å². The van der Waals surface area contributed by atoms with Gasteiger partial charge in [0.25, 0.3) is 0 Å². The molecule has 0 saturated carbocycles. The number of aliphatic hydroxyl groups is 3. The maximum atomic E-state index is 12.7. The Hall–Kier alpha value is -1.92. The van der Waals surface area contributed by atoms with Gasteiger partial charge in [-0.05, 0) is 24.1 Å². The number of halogens is 3. The molecule has 0 bridgehead atoms. The minimum absolute atomic E-state index is 0.123. The highest BCUT2D eigenvalue weighted by Gasteiger charge is 2.49. The molecule has 1 aromatic rings. The average molecular weight is 522 g/mol. The first-order chi connectivity index (χ1) is 17.2. The third-order valence-electron chi connectivity index (χ3n) is 6.04. The van der Waals surface area contributed by atoms with Crippen LogP contribution in [0.4, 0.5) is 13.2 Å². The van der Waals surface area contributed by atoms with Crippen LogP contribution in [-0.4, -0.2) is 71.3 Å². The van der Waals surface area contributed by atoms with Crippen molar-refractivity contribution in [1.29, 1.82) is 0 Å². The standard InChI is InChI=1S/C25H38F3NO7/c1-2-3-4-5-6-7-8-9-14-34-18-12-10-17(11-13-18)16-35-23-20(29-24(33)25(26,27)28)22(32)21(31)19(15-30)36-23/h10-13,19-23,30-32H,2-9,14-16H2,1H3,(H,29,33)/t19-,20-,21-,22-,23+/m1/s1. The molecule has 36 heavy (non-hydrogen) atoms. The lowest BCUT2D eigenvalue weighted by molar-refractivity contribution is -0.275. The van der Waals surface area contributed by atoms with Crippen molar-refractivity contribution in [3.05, 3.63) is 29.8 Å². The van der Waals surface area contributed by atoms with Gasteiger partial charge in [0.1, 0.15) is 30.1 Å². The number of carbonyl (C=O) groups excluding carboxylic acids is 1. The van der Waals surface area contributed by atoms with Crippen molar-refractivity contribution in [2.24, 2.45) is 0 Å². The number of hydrogen-bond acceptors (Lipinski definition) is 7. The van der Waals surface area contributed by atoms with E-state index >= 15 is 0 Å². The summed E-state index contributed by atoms with van der Waals surface area (Å²) >= 11 is 0. The number of nitrogens with one attached hydrogen (secondary N) is 1. The molecule has 2 rings (SSSR count). The molecule has 1 heterocycles. The minimum atomic E-state index is -5.20. The minimum Gasteiger partial charge on any atom is -0.494 e. The zero-order chi connectivity index (χ0) is 26.6. The van der Waals surface area contributed by atoms with Crippen LogP contribution in [0.15, 0.2) is 24.3 Å². The van der Waals surface area contributed by atoms with Crippen LogP contribution in [-0.2, 0) is 20.9 Å². The molecule has 0 aliphatic carbocycles. The highest BCUT2D eigenvalue weighted by Crippen LogP contribution is 2.25. The van der Waals surface area contributed by atoms with Gasteiger partial charge in [0, 0.05) is 0 Å². The van der Waals surface area contributed by atoms with E-state index in [0.717, 1.165) is 12.8 Å². The molecule has 4 N–H and O–H groups in total. The molecule has 1 saturated heterocycles. The molecule has 0 spiro atoms. The van der Waals surface area contributed by atoms with Crippen LogP contribution in [0.5, 0.6) is 5.75 Å². The van der Waals surface area contributed by atoms with E-state index in [-0.39, 0.29) is 6.61 Å². The molecule has 1 aliphatic rings. The van der Waals surface area contributed by atoms with Gasteiger partial charge in [-0.3, -0.25) is 4.79 Å². The zero-order valence-corrected chi connectivity index (χ0v) is 20.6. The third-order valence-corrected chi connectivity index (χ3v) is 6.04. The van der Waals surface area contributed by atoms with E-state index in [1.54, 1.807) is 29.6 Å². The Balaban J connectivity index is 1.82. The van der Waals surface area contributed by atoms with E-state index in [0.29, 0.717) is 17.9 Å². The number of carbonyl (C=O) groups is 1. The molecule has 206 valence electrons. The Morgan fingerprint density at radius 3 is 2.19 bits per heavy atom. The van der Waals surface area contributed by atoms with Gasteiger partial charge in [-0.2, -0.15) is 13.2 Å². The van der Waals surface area contributed by atoms with Gasteiger partial charge < -0.3 is 34.8 Å². The highest BCUT2D eigenvalue weighted by molar-refractivity contribution is 5.82. The number of alkyl halides is 3. The lowest BCUT2D eigenvalue weighted by Gasteiger charge is -2.42. The molecular formula is C25H38F3NO7. The number of hydrogen-bond donors (Lipinski definition) is 4. The Morgan fingerprint density at radius 1 is 1.00 bits per heavy atom. The normalized spacial score (nSPS) is 24.5. The largest absolute Gasteiger partial charge is 0.494 e. The van der Waals surface area contributed by atoms with Crippen molar-refractivity contribution >= 4 is 5.91 Å². The van der Waals surface area contributed by atoms with Crippen LogP contribution in [0.25, 0.3) is 0 Å². The zero-order valence-electron chi connectivity index (χ0n) is 20.6. The first-order valence-electron chi connectivity index (χ1n) is 12.5. The summed E-state index contributed by atoms with van der Waals surface area (Å²) in [7, 11) is 0. The van der Waals surface area contributed by atoms with E-state index in [1.807, 2.05) is 0 Å². The molecule has 1 aromatic carbocycles. The summed E-state index contributed by atoms with van der Waals surface area (Å²) in [6.45, 7) is 1.97. The molecule has 8 nitrogen and oxygen atoms in total. The number of ether oxygens (including phenoxy) is 3. The lowest BCUT2D eigenvalue weighted by Crippen LogP contribution is -2.65. The number of benzene rings is 1. The Labute approximate surface area is 209 Å². The first kappa shape index (κ1) is 30.3. The second-order valence-corrected chi connectivity index (χ2v) is 8.98. The summed E-state index contributed by atoms with van der Waals surface area (Å²) in [5.41, 5.74) is 0.639. The van der Waals surface area contributed by atoms with Crippen LogP contribution in [0.1, 0.15) is 63.9 Å². The lowest BCUT2D eigenvalue weighted by atomic mass is 9.97. The fourth-order valence-corrected chi connectivity index (χ4v) is 3.90. The maximum Gasteiger partial charge on any atom is 0.471 e. The highest BCUT2D eigenvalue weighted by atomic mass is 19.4. The number of unbranched alkanes of at least 4 members (excludes halogenated alkanes) is 7. The fraction of sp³-hybridized carbons (Fsp3) is 0.720. The molecular weight excluding hydrogens is 483 g/mol. The smallest absolute Gasteiger partial charge is 0.471 e. The van der Waals surface area contributed by atoms with Crippen LogP contribution >= 0.6 is 0 Å². The average Bonchev–Trinajstić information content (AvgIpc) is 2.85. The second kappa shape index (κ2) is 15.4. The summed E-state index contributed by atoms with van der Waals surface area (Å²) < 4.78 is 54.7. The fourth-order valence-electron chi connectivity index (χ4n) is 3.90. The first-order valence-corrected chi connectivity index (χ1v) is 12.5. The van der Waals surface area contributed by atoms with Crippen molar-refractivity contribution in [2.45, 2.75) is 102 Å². The van der Waals surface area contributed by atoms with Gasteiger partial charge in [0.05, 0.1) is 19.8 Å². The van der Waals surface area contributed by atoms with Crippen molar-refractivity contribution in [2.75, 3.05) is 13.2 Å². The topological polar surface area (TPSA) is 117 Å². The van der Waals surface area contributed by atoms with Crippen LogP contribution in [0.2, 0.25) is 0 Å². The van der Waals surface area contributed by atoms with Crippen molar-refractivity contribution in [3.63, 3.8) is 0 Å². The van der Waals surface area contributed by atoms with Gasteiger partial charge in [-0.15, -0.1) is 0 Å². The summed E-state index contributed by atoms with van der Waals surface area (Å²) in [6, 6.07) is 5.20. The third kappa shape index (κ3) is 9.85. The van der Waals surface area contributed by atoms with E-state index in [1.165, 1.54) is 38.5 Å². The van der Waals surface area contributed by atoms with E-state index in [4.69, 9.17) is 14.2 Å². The predicted molar refractivity (Wildman–Crippen MR) is 125 cm³/mol. The van der Waals surface area contributed by atoms with Gasteiger partial charge in [-0.1, -0.05) is 64.0 Å². The molecule has 0 aromatic heterocycles. The molecule has 11 heteroatoms. The van der Waals surface area contributed by atoms with Gasteiger partial charge in [0.2, 0.25) is 0 Å². The monoisotopic (exact) mass is 521 g/mol. The van der Waals surface area contributed by atoms with E-state index in [9.17, 15) is 33.3 Å². The second-order valence-electron chi connectivity index (χ2n) is 8.98. The quantitative estimate of drug-likeness (QED) is 0.262. The Morgan fingerprint density at radius 2 is 1.61 bits per heavy atom. The summed E-state index contributed by atoms with van der Waals surface area (Å²) in [5.74, 6) is -1.64. The summed E-state index contributed by atoms with van der Waals surface area (Å²) in [4.78, 5) is 11.4. The van der Waals surface area contributed by atoms with Crippen molar-refractivity contribution in [1.82, 2.24) is 5.32 Å². The number of amides is 1. The molecule has 0 unspecified atom stereocenters. The number of aliphatic hydroxyl groups excluding tert-OH is 3. The summed E-state index contributed by atoms with van der Waals surface area (Å²) in [6.07, 6.45) is -1.98. The van der Waals surface area contributed by atoms with E-state index in [2.05, 4.69) is 6.92 Å². The molecule has 1 fully saturated rings. The molecule has 1 aliphatic heterocycles. The number of rotatable bonds is 15. The molecule has 0 radical (unpaired) electrons. The van der Waals surface area contributed by atoms with Crippen LogP contribution in [0.3, 0.4) is 0 Å². The molecule has 1 amide bonds. The predicted octanol–water partition coefficient (Wildman–Crippen LogP) is 3.21. The molecule has 5 atom stereocenters. The van der Waals surface area contributed by atoms with Gasteiger partial charge in [0.15, 0.2) is 6.29 Å².